The van der Waals surface area contributed by atoms with Crippen molar-refractivity contribution < 1.29 is 20.4 Å². The molecule has 0 aliphatic carbocycles. The van der Waals surface area contributed by atoms with Gasteiger partial charge in [-0.2, -0.15) is 0 Å². The third kappa shape index (κ3) is 131. The molecule has 0 heterocycles. The van der Waals surface area contributed by atoms with Crippen LogP contribution >= 0.6 is 48.0 Å². The summed E-state index contributed by atoms with van der Waals surface area (Å²) in [6.07, 6.45) is 0. The second kappa shape index (κ2) is 89.9. The van der Waals surface area contributed by atoms with Crippen molar-refractivity contribution in [2.75, 3.05) is 13.1 Å². The fourth-order valence-electron chi connectivity index (χ4n) is 0. The fraction of sp³-hybridized carbons (Fsp3) is 0.333. The van der Waals surface area contributed by atoms with E-state index in [1.807, 2.05) is 0 Å². The Labute approximate surface area is 121 Å². The van der Waals surface area contributed by atoms with Crippen LogP contribution in [0.5, 0.6) is 0 Å². The van der Waals surface area contributed by atoms with Crippen LogP contribution in [-0.2, 0) is 20.4 Å². The summed E-state index contributed by atoms with van der Waals surface area (Å²) in [6.45, 7) is 1.19. The minimum Gasteiger partial charge on any atom is -0.358 e. The average molecular weight is 482 g/mol. The van der Waals surface area contributed by atoms with E-state index in [1.54, 1.807) is 0 Å². The third-order valence-electron chi connectivity index (χ3n) is 0.167. The van der Waals surface area contributed by atoms with Crippen LogP contribution in [-0.4, -0.2) is 13.1 Å². The maximum atomic E-state index is 4.90. The van der Waals surface area contributed by atoms with Crippen LogP contribution in [0.1, 0.15) is 0 Å². The van der Waals surface area contributed by atoms with E-state index in [2.05, 4.69) is 0 Å². The van der Waals surface area contributed by atoms with E-state index in [0.717, 1.165) is 0 Å². The molecule has 0 spiro atoms. The SMILES string of the molecule is I.I.NCCN.[CH3-].[CH3-].[CH3-].[CH3-].[Pd]. The Bertz CT molecular complexity index is 20.5. The molecule has 4 N–H and O–H groups in total. The van der Waals surface area contributed by atoms with Crippen molar-refractivity contribution in [1.29, 1.82) is 0 Å². The Balaban J connectivity index is -0.00000000214. The van der Waals surface area contributed by atoms with E-state index >= 15 is 0 Å². The van der Waals surface area contributed by atoms with Crippen molar-refractivity contribution in [3.63, 3.8) is 0 Å². The molecule has 0 aliphatic heterocycles. The number of hydrogen-bond donors (Lipinski definition) is 2. The molecule has 0 aromatic rings. The molecule has 0 radical (unpaired) electrons. The number of nitrogens with two attached hydrogens (primary N) is 2. The van der Waals surface area contributed by atoms with Gasteiger partial charge in [-0.25, -0.2) is 0 Å². The minimum absolute atomic E-state index is 0. The monoisotopic (exact) mass is 482 g/mol. The summed E-state index contributed by atoms with van der Waals surface area (Å²) in [7, 11) is 0. The van der Waals surface area contributed by atoms with Gasteiger partial charge in [0.15, 0.2) is 0 Å². The number of hydrogen-bond acceptors (Lipinski definition) is 2. The Morgan fingerprint density at radius 3 is 0.727 bits per heavy atom. The van der Waals surface area contributed by atoms with Gasteiger partial charge < -0.3 is 41.2 Å². The second-order valence-corrected chi connectivity index (χ2v) is 0.577. The van der Waals surface area contributed by atoms with Gasteiger partial charge in [0.25, 0.3) is 0 Å². The van der Waals surface area contributed by atoms with E-state index in [1.165, 1.54) is 0 Å². The Kier molecular flexibility index (Phi) is 608. The first kappa shape index (κ1) is 74.4. The number of rotatable bonds is 1. The van der Waals surface area contributed by atoms with E-state index in [0.29, 0.717) is 13.1 Å². The van der Waals surface area contributed by atoms with Crippen molar-refractivity contribution >= 4 is 48.0 Å². The molecule has 11 heavy (non-hydrogen) atoms. The van der Waals surface area contributed by atoms with Crippen LogP contribution in [0.2, 0.25) is 0 Å². The smallest absolute Gasteiger partial charge is 0.00461 e. The first-order chi connectivity index (χ1) is 1.91. The maximum Gasteiger partial charge on any atom is 0.00461 e. The molecule has 0 aliphatic rings. The largest absolute Gasteiger partial charge is 0.358 e. The van der Waals surface area contributed by atoms with Gasteiger partial charge in [-0.1, -0.05) is 0 Å². The molecule has 0 fully saturated rings. The fourth-order valence-corrected chi connectivity index (χ4v) is 0. The van der Waals surface area contributed by atoms with Crippen molar-refractivity contribution in [2.45, 2.75) is 0 Å². The first-order valence-electron chi connectivity index (χ1n) is 1.32. The molecular formula is C6H22I2N2Pd-4. The topological polar surface area (TPSA) is 52.0 Å². The molecule has 5 heteroatoms. The average Bonchev–Trinajstić information content (AvgIpc) is 1.37. The Morgan fingerprint density at radius 2 is 0.727 bits per heavy atom. The molecule has 0 saturated heterocycles. The van der Waals surface area contributed by atoms with Gasteiger partial charge in [0, 0.05) is 33.5 Å². The molecule has 0 atom stereocenters. The van der Waals surface area contributed by atoms with Crippen molar-refractivity contribution in [2.24, 2.45) is 11.5 Å². The zero-order valence-corrected chi connectivity index (χ0v) is 13.9. The van der Waals surface area contributed by atoms with Crippen LogP contribution in [0.15, 0.2) is 0 Å². The summed E-state index contributed by atoms with van der Waals surface area (Å²) in [5.74, 6) is 0. The predicted molar refractivity (Wildman–Crippen MR) is 74.6 cm³/mol. The maximum absolute atomic E-state index is 4.90. The minimum atomic E-state index is 0. The molecule has 0 aromatic heterocycles. The van der Waals surface area contributed by atoms with E-state index in [-0.39, 0.29) is 98.1 Å². The Morgan fingerprint density at radius 1 is 0.636 bits per heavy atom. The number of halogens is 2. The quantitative estimate of drug-likeness (QED) is 0.341. The Hall–Kier alpha value is 2.04. The second-order valence-electron chi connectivity index (χ2n) is 0.577. The van der Waals surface area contributed by atoms with Gasteiger partial charge >= 0.3 is 0 Å². The molecule has 84 valence electrons. The molecule has 0 rings (SSSR count). The van der Waals surface area contributed by atoms with Gasteiger partial charge in [0.2, 0.25) is 0 Å². The van der Waals surface area contributed by atoms with Gasteiger partial charge in [-0.05, 0) is 0 Å². The van der Waals surface area contributed by atoms with Crippen LogP contribution in [0.3, 0.4) is 0 Å². The van der Waals surface area contributed by atoms with Crippen molar-refractivity contribution in [1.82, 2.24) is 0 Å². The van der Waals surface area contributed by atoms with Crippen LogP contribution < -0.4 is 11.5 Å². The standard InChI is InChI=1S/C2H8N2.4CH3.2HI.Pd/c3-1-2-4;;;;;;;/h1-4H2;4*1H3;2*1H;/q;4*-1;;;. The van der Waals surface area contributed by atoms with Crippen LogP contribution in [0, 0.1) is 29.7 Å². The summed E-state index contributed by atoms with van der Waals surface area (Å²) < 4.78 is 0. The zero-order valence-electron chi connectivity index (χ0n) is 7.70. The van der Waals surface area contributed by atoms with Gasteiger partial charge in [-0.3, -0.25) is 0 Å². The van der Waals surface area contributed by atoms with Gasteiger partial charge in [-0.15, -0.1) is 48.0 Å². The van der Waals surface area contributed by atoms with E-state index in [9.17, 15) is 0 Å². The zero-order chi connectivity index (χ0) is 3.41. The van der Waals surface area contributed by atoms with Gasteiger partial charge in [0.05, 0.1) is 0 Å². The summed E-state index contributed by atoms with van der Waals surface area (Å²) in [4.78, 5) is 0. The molecule has 0 unspecified atom stereocenters. The molecule has 0 aromatic carbocycles. The van der Waals surface area contributed by atoms with Crippen LogP contribution in [0.25, 0.3) is 0 Å². The van der Waals surface area contributed by atoms with E-state index in [4.69, 9.17) is 11.5 Å². The molecule has 2 nitrogen and oxygen atoms in total. The normalized spacial score (nSPS) is 2.73. The van der Waals surface area contributed by atoms with Crippen molar-refractivity contribution in [3.05, 3.63) is 29.7 Å². The summed E-state index contributed by atoms with van der Waals surface area (Å²) in [6, 6.07) is 0. The molecule has 0 bridgehead atoms. The van der Waals surface area contributed by atoms with Crippen LogP contribution in [0.4, 0.5) is 0 Å². The first-order valence-corrected chi connectivity index (χ1v) is 1.32. The summed E-state index contributed by atoms with van der Waals surface area (Å²) in [5.41, 5.74) is 9.81. The summed E-state index contributed by atoms with van der Waals surface area (Å²) >= 11 is 0. The third-order valence-corrected chi connectivity index (χ3v) is 0.167. The van der Waals surface area contributed by atoms with Gasteiger partial charge in [0.1, 0.15) is 0 Å². The van der Waals surface area contributed by atoms with Crippen molar-refractivity contribution in [3.8, 4) is 0 Å². The summed E-state index contributed by atoms with van der Waals surface area (Å²) in [5, 5.41) is 0. The van der Waals surface area contributed by atoms with E-state index < -0.39 is 0 Å². The molecule has 0 amide bonds. The predicted octanol–water partition coefficient (Wildman–Crippen LogP) is 1.94. The molecule has 0 saturated carbocycles. The molecular weight excluding hydrogens is 460 g/mol.